The zero-order chi connectivity index (χ0) is 23.4. The van der Waals surface area contributed by atoms with Gasteiger partial charge in [0.2, 0.25) is 5.91 Å². The van der Waals surface area contributed by atoms with Crippen molar-refractivity contribution >= 4 is 17.8 Å². The van der Waals surface area contributed by atoms with Crippen LogP contribution < -0.4 is 5.32 Å². The van der Waals surface area contributed by atoms with Crippen LogP contribution in [0.5, 0.6) is 0 Å². The summed E-state index contributed by atoms with van der Waals surface area (Å²) in [6, 6.07) is 2.85. The van der Waals surface area contributed by atoms with Gasteiger partial charge in [-0.2, -0.15) is 0 Å². The SMILES string of the molecule is CN(C(=O)Nc1cnc(-c2cc(F)cc(F)c2)cn1)C1CCN(C(=O)C2CCCCC2)CC1. The molecule has 1 saturated heterocycles. The quantitative estimate of drug-likeness (QED) is 0.736. The molecule has 0 bridgehead atoms. The fraction of sp³-hybridized carbons (Fsp3) is 0.500. The van der Waals surface area contributed by atoms with Crippen molar-refractivity contribution in [3.8, 4) is 11.3 Å². The number of urea groups is 1. The van der Waals surface area contributed by atoms with Crippen molar-refractivity contribution in [1.29, 1.82) is 0 Å². The van der Waals surface area contributed by atoms with Gasteiger partial charge in [0.05, 0.1) is 18.1 Å². The first-order valence-electron chi connectivity index (χ1n) is 11.5. The normalized spacial score (nSPS) is 17.6. The Labute approximate surface area is 192 Å². The van der Waals surface area contributed by atoms with E-state index in [1.165, 1.54) is 30.9 Å². The molecule has 2 fully saturated rings. The predicted molar refractivity (Wildman–Crippen MR) is 120 cm³/mol. The van der Waals surface area contributed by atoms with Crippen molar-refractivity contribution in [2.45, 2.75) is 51.0 Å². The number of hydrogen-bond donors (Lipinski definition) is 1. The first-order valence-corrected chi connectivity index (χ1v) is 11.5. The monoisotopic (exact) mass is 457 g/mol. The molecule has 176 valence electrons. The highest BCUT2D eigenvalue weighted by molar-refractivity contribution is 5.88. The number of nitrogens with one attached hydrogen (secondary N) is 1. The summed E-state index contributed by atoms with van der Waals surface area (Å²) >= 11 is 0. The van der Waals surface area contributed by atoms with Crippen molar-refractivity contribution in [2.24, 2.45) is 5.92 Å². The van der Waals surface area contributed by atoms with Gasteiger partial charge in [0, 0.05) is 43.7 Å². The molecule has 7 nitrogen and oxygen atoms in total. The number of piperidine rings is 1. The maximum absolute atomic E-state index is 13.4. The Morgan fingerprint density at radius 2 is 1.64 bits per heavy atom. The van der Waals surface area contributed by atoms with E-state index in [0.717, 1.165) is 44.6 Å². The number of anilines is 1. The van der Waals surface area contributed by atoms with E-state index < -0.39 is 11.6 Å². The molecule has 1 aliphatic heterocycles. The largest absolute Gasteiger partial charge is 0.342 e. The maximum Gasteiger partial charge on any atom is 0.323 e. The minimum Gasteiger partial charge on any atom is -0.342 e. The average Bonchev–Trinajstić information content (AvgIpc) is 2.83. The molecule has 0 radical (unpaired) electrons. The topological polar surface area (TPSA) is 78.4 Å². The van der Waals surface area contributed by atoms with Gasteiger partial charge in [-0.25, -0.2) is 18.6 Å². The van der Waals surface area contributed by atoms with Crippen LogP contribution in [-0.4, -0.2) is 57.9 Å². The summed E-state index contributed by atoms with van der Waals surface area (Å²) in [5, 5.41) is 2.71. The number of aromatic nitrogens is 2. The van der Waals surface area contributed by atoms with Gasteiger partial charge in [-0.3, -0.25) is 15.1 Å². The van der Waals surface area contributed by atoms with Gasteiger partial charge in [0.1, 0.15) is 11.6 Å². The molecule has 2 heterocycles. The Morgan fingerprint density at radius 1 is 0.970 bits per heavy atom. The lowest BCUT2D eigenvalue weighted by molar-refractivity contribution is -0.137. The number of carbonyl (C=O) groups is 2. The number of halogens is 2. The molecule has 33 heavy (non-hydrogen) atoms. The molecular formula is C24H29F2N5O2. The molecule has 4 rings (SSSR count). The number of likely N-dealkylation sites (tertiary alicyclic amines) is 1. The highest BCUT2D eigenvalue weighted by Crippen LogP contribution is 2.27. The van der Waals surface area contributed by atoms with Gasteiger partial charge < -0.3 is 9.80 Å². The molecular weight excluding hydrogens is 428 g/mol. The van der Waals surface area contributed by atoms with E-state index in [1.54, 1.807) is 11.9 Å². The number of nitrogens with zero attached hydrogens (tertiary/aromatic N) is 4. The highest BCUT2D eigenvalue weighted by Gasteiger charge is 2.31. The van der Waals surface area contributed by atoms with E-state index in [4.69, 9.17) is 0 Å². The summed E-state index contributed by atoms with van der Waals surface area (Å²) in [6.07, 6.45) is 9.68. The van der Waals surface area contributed by atoms with Crippen LogP contribution in [0.25, 0.3) is 11.3 Å². The minimum absolute atomic E-state index is 0.0305. The van der Waals surface area contributed by atoms with Crippen molar-refractivity contribution in [3.05, 3.63) is 42.2 Å². The molecule has 0 atom stereocenters. The van der Waals surface area contributed by atoms with E-state index in [2.05, 4.69) is 15.3 Å². The van der Waals surface area contributed by atoms with Crippen molar-refractivity contribution in [1.82, 2.24) is 19.8 Å². The Hall–Kier alpha value is -3.10. The summed E-state index contributed by atoms with van der Waals surface area (Å²) < 4.78 is 26.8. The van der Waals surface area contributed by atoms with Crippen LogP contribution in [0.3, 0.4) is 0 Å². The average molecular weight is 458 g/mol. The zero-order valence-electron chi connectivity index (χ0n) is 18.8. The Kier molecular flexibility index (Phi) is 7.15. The lowest BCUT2D eigenvalue weighted by Gasteiger charge is -2.38. The molecule has 1 saturated carbocycles. The van der Waals surface area contributed by atoms with Gasteiger partial charge in [-0.15, -0.1) is 0 Å². The van der Waals surface area contributed by atoms with Crippen LogP contribution in [0.1, 0.15) is 44.9 Å². The molecule has 1 aliphatic carbocycles. The summed E-state index contributed by atoms with van der Waals surface area (Å²) in [5.41, 5.74) is 0.569. The zero-order valence-corrected chi connectivity index (χ0v) is 18.8. The highest BCUT2D eigenvalue weighted by atomic mass is 19.1. The number of rotatable bonds is 4. The van der Waals surface area contributed by atoms with Crippen LogP contribution in [-0.2, 0) is 4.79 Å². The minimum atomic E-state index is -0.697. The van der Waals surface area contributed by atoms with Gasteiger partial charge in [-0.05, 0) is 37.8 Å². The molecule has 0 spiro atoms. The van der Waals surface area contributed by atoms with Gasteiger partial charge in [0.25, 0.3) is 0 Å². The first-order chi connectivity index (χ1) is 15.9. The van der Waals surface area contributed by atoms with E-state index in [9.17, 15) is 18.4 Å². The third kappa shape index (κ3) is 5.64. The number of benzene rings is 1. The van der Waals surface area contributed by atoms with Crippen LogP contribution in [0.4, 0.5) is 19.4 Å². The molecule has 0 unspecified atom stereocenters. The lowest BCUT2D eigenvalue weighted by Crippen LogP contribution is -2.49. The van der Waals surface area contributed by atoms with E-state index in [1.807, 2.05) is 4.90 Å². The third-order valence-corrected chi connectivity index (χ3v) is 6.64. The molecule has 3 amide bonds. The molecule has 1 aromatic heterocycles. The Balaban J connectivity index is 1.29. The smallest absolute Gasteiger partial charge is 0.323 e. The Morgan fingerprint density at radius 3 is 2.24 bits per heavy atom. The fourth-order valence-corrected chi connectivity index (χ4v) is 4.69. The second-order valence-electron chi connectivity index (χ2n) is 8.88. The summed E-state index contributed by atoms with van der Waals surface area (Å²) in [7, 11) is 1.73. The van der Waals surface area contributed by atoms with Gasteiger partial charge in [0.15, 0.2) is 5.82 Å². The summed E-state index contributed by atoms with van der Waals surface area (Å²) in [4.78, 5) is 37.3. The fourth-order valence-electron chi connectivity index (χ4n) is 4.69. The molecule has 2 aromatic rings. The molecule has 1 N–H and O–H groups in total. The maximum atomic E-state index is 13.4. The third-order valence-electron chi connectivity index (χ3n) is 6.64. The van der Waals surface area contributed by atoms with Crippen molar-refractivity contribution in [2.75, 3.05) is 25.5 Å². The van der Waals surface area contributed by atoms with Gasteiger partial charge >= 0.3 is 6.03 Å². The molecule has 9 heteroatoms. The number of carbonyl (C=O) groups excluding carboxylic acids is 2. The lowest BCUT2D eigenvalue weighted by atomic mass is 9.87. The second-order valence-corrected chi connectivity index (χ2v) is 8.88. The number of hydrogen-bond acceptors (Lipinski definition) is 4. The Bertz CT molecular complexity index is 967. The summed E-state index contributed by atoms with van der Waals surface area (Å²) in [6.45, 7) is 1.33. The van der Waals surface area contributed by atoms with E-state index in [-0.39, 0.29) is 35.3 Å². The van der Waals surface area contributed by atoms with Crippen LogP contribution >= 0.6 is 0 Å². The van der Waals surface area contributed by atoms with Crippen molar-refractivity contribution in [3.63, 3.8) is 0 Å². The van der Waals surface area contributed by atoms with E-state index >= 15 is 0 Å². The predicted octanol–water partition coefficient (Wildman–Crippen LogP) is 4.46. The first kappa shape index (κ1) is 23.1. The van der Waals surface area contributed by atoms with Crippen molar-refractivity contribution < 1.29 is 18.4 Å². The van der Waals surface area contributed by atoms with Crippen LogP contribution in [0.15, 0.2) is 30.6 Å². The summed E-state index contributed by atoms with van der Waals surface area (Å²) in [5.74, 6) is -0.706. The number of amides is 3. The second kappa shape index (κ2) is 10.2. The van der Waals surface area contributed by atoms with Crippen LogP contribution in [0.2, 0.25) is 0 Å². The van der Waals surface area contributed by atoms with Crippen LogP contribution in [0, 0.1) is 17.6 Å². The standard InChI is InChI=1S/C24H29F2N5O2/c1-30(20-7-9-31(10-8-20)23(32)16-5-3-2-4-6-16)24(33)29-22-15-27-21(14-28-22)17-11-18(25)13-19(26)12-17/h11-16,20H,2-10H2,1H3,(H,28,29,33). The van der Waals surface area contributed by atoms with E-state index in [0.29, 0.717) is 18.8 Å². The molecule has 2 aliphatic rings. The van der Waals surface area contributed by atoms with Gasteiger partial charge in [-0.1, -0.05) is 19.3 Å². The molecule has 1 aromatic carbocycles.